The quantitative estimate of drug-likeness (QED) is 0.625. The number of carbonyl (C=O) groups is 1. The first kappa shape index (κ1) is 19.5. The normalized spacial score (nSPS) is 38.1. The standard InChI is InChI=1S/C28H33NO2/c1-17-13-14-22-23(15-17)31-27-25-21(26(30)29(27)28(22,2)3)16-19-11-7-8-12-20(19)24(25)18-9-5-4-6-10-18/h4-12,17,21-25,27H,13-16H2,1-3H3/t17-,21-,22-,23-,24?,25+,27+/m1/s1. The fourth-order valence-electron chi connectivity index (χ4n) is 7.40. The number of rotatable bonds is 1. The van der Waals surface area contributed by atoms with Crippen molar-refractivity contribution in [2.45, 2.75) is 70.2 Å². The molecular formula is C28H33NO2. The molecule has 0 spiro atoms. The van der Waals surface area contributed by atoms with E-state index in [1.807, 2.05) is 0 Å². The van der Waals surface area contributed by atoms with Crippen molar-refractivity contribution in [1.82, 2.24) is 4.90 Å². The van der Waals surface area contributed by atoms with Gasteiger partial charge in [-0.2, -0.15) is 0 Å². The van der Waals surface area contributed by atoms with Gasteiger partial charge in [0.05, 0.1) is 12.0 Å². The zero-order chi connectivity index (χ0) is 21.3. The van der Waals surface area contributed by atoms with Crippen molar-refractivity contribution in [2.24, 2.45) is 23.7 Å². The SMILES string of the molecule is C[C@@H]1CC[C@@H]2[C@@H](C1)O[C@H]1[C@@H]3C(c4ccccc4)c4ccccc4C[C@H]3C(=O)N1C2(C)C. The molecule has 31 heavy (non-hydrogen) atoms. The van der Waals surface area contributed by atoms with E-state index in [-0.39, 0.29) is 35.6 Å². The summed E-state index contributed by atoms with van der Waals surface area (Å²) in [5, 5.41) is 0. The van der Waals surface area contributed by atoms with E-state index < -0.39 is 0 Å². The molecule has 4 aliphatic rings. The lowest BCUT2D eigenvalue weighted by Crippen LogP contribution is -2.64. The number of benzene rings is 2. The zero-order valence-corrected chi connectivity index (χ0v) is 18.8. The van der Waals surface area contributed by atoms with Gasteiger partial charge in [0.15, 0.2) is 0 Å². The van der Waals surface area contributed by atoms with Crippen LogP contribution in [-0.2, 0) is 16.0 Å². The lowest BCUT2D eigenvalue weighted by atomic mass is 9.66. The number of hydrogen-bond acceptors (Lipinski definition) is 2. The lowest BCUT2D eigenvalue weighted by Gasteiger charge is -2.56. The van der Waals surface area contributed by atoms with Gasteiger partial charge in [0.2, 0.25) is 5.91 Å². The highest BCUT2D eigenvalue weighted by molar-refractivity contribution is 5.84. The number of hydrogen-bond donors (Lipinski definition) is 0. The second-order valence-electron chi connectivity index (χ2n) is 10.9. The maximum atomic E-state index is 14.0. The summed E-state index contributed by atoms with van der Waals surface area (Å²) in [5.74, 6) is 1.82. The summed E-state index contributed by atoms with van der Waals surface area (Å²) in [6.07, 6.45) is 4.49. The predicted molar refractivity (Wildman–Crippen MR) is 122 cm³/mol. The average molecular weight is 416 g/mol. The molecule has 2 aliphatic carbocycles. The van der Waals surface area contributed by atoms with Crippen LogP contribution in [0.15, 0.2) is 54.6 Å². The van der Waals surface area contributed by atoms with Gasteiger partial charge in [0.1, 0.15) is 6.23 Å². The first-order valence-electron chi connectivity index (χ1n) is 12.1. The van der Waals surface area contributed by atoms with E-state index in [2.05, 4.69) is 80.3 Å². The van der Waals surface area contributed by atoms with Crippen LogP contribution in [0.1, 0.15) is 62.6 Å². The van der Waals surface area contributed by atoms with Crippen molar-refractivity contribution in [3.63, 3.8) is 0 Å². The van der Waals surface area contributed by atoms with Gasteiger partial charge in [-0.25, -0.2) is 0 Å². The topological polar surface area (TPSA) is 29.5 Å². The third kappa shape index (κ3) is 2.78. The van der Waals surface area contributed by atoms with Crippen LogP contribution in [-0.4, -0.2) is 28.7 Å². The molecule has 1 saturated carbocycles. The molecule has 0 radical (unpaired) electrons. The average Bonchev–Trinajstić information content (AvgIpc) is 3.04. The molecule has 0 aromatic heterocycles. The number of ether oxygens (including phenoxy) is 1. The minimum absolute atomic E-state index is 0.00181. The first-order valence-corrected chi connectivity index (χ1v) is 12.1. The molecule has 0 N–H and O–H groups in total. The lowest BCUT2D eigenvalue weighted by molar-refractivity contribution is -0.228. The molecule has 2 aromatic rings. The molecule has 162 valence electrons. The van der Waals surface area contributed by atoms with Crippen molar-refractivity contribution >= 4 is 5.91 Å². The maximum absolute atomic E-state index is 14.0. The fourth-order valence-corrected chi connectivity index (χ4v) is 7.40. The Kier molecular flexibility index (Phi) is 4.37. The molecule has 2 aromatic carbocycles. The maximum Gasteiger partial charge on any atom is 0.229 e. The van der Waals surface area contributed by atoms with E-state index in [1.54, 1.807) is 0 Å². The Bertz CT molecular complexity index is 999. The van der Waals surface area contributed by atoms with Gasteiger partial charge < -0.3 is 9.64 Å². The van der Waals surface area contributed by atoms with Crippen LogP contribution in [0, 0.1) is 23.7 Å². The highest BCUT2D eigenvalue weighted by atomic mass is 16.5. The van der Waals surface area contributed by atoms with E-state index in [0.29, 0.717) is 17.7 Å². The molecule has 7 atom stereocenters. The molecule has 3 fully saturated rings. The molecule has 2 aliphatic heterocycles. The second kappa shape index (κ2) is 6.93. The van der Waals surface area contributed by atoms with Gasteiger partial charge in [-0.05, 0) is 55.7 Å². The third-order valence-electron chi connectivity index (χ3n) is 8.87. The number of carbonyl (C=O) groups excluding carboxylic acids is 1. The summed E-state index contributed by atoms with van der Waals surface area (Å²) >= 11 is 0. The minimum atomic E-state index is -0.157. The molecule has 2 heterocycles. The highest BCUT2D eigenvalue weighted by Gasteiger charge is 2.63. The summed E-state index contributed by atoms with van der Waals surface area (Å²) in [4.78, 5) is 16.1. The van der Waals surface area contributed by atoms with Crippen LogP contribution in [0.5, 0.6) is 0 Å². The molecule has 3 nitrogen and oxygen atoms in total. The molecule has 1 amide bonds. The molecule has 1 unspecified atom stereocenters. The van der Waals surface area contributed by atoms with Crippen molar-refractivity contribution < 1.29 is 9.53 Å². The van der Waals surface area contributed by atoms with Crippen molar-refractivity contribution in [1.29, 1.82) is 0 Å². The third-order valence-corrected chi connectivity index (χ3v) is 8.87. The second-order valence-corrected chi connectivity index (χ2v) is 10.9. The van der Waals surface area contributed by atoms with Crippen molar-refractivity contribution in [3.8, 4) is 0 Å². The molecular weight excluding hydrogens is 382 g/mol. The van der Waals surface area contributed by atoms with Gasteiger partial charge in [-0.1, -0.05) is 67.9 Å². The molecule has 3 heteroatoms. The Morgan fingerprint density at radius 2 is 1.74 bits per heavy atom. The monoisotopic (exact) mass is 415 g/mol. The first-order chi connectivity index (χ1) is 15.0. The smallest absolute Gasteiger partial charge is 0.229 e. The van der Waals surface area contributed by atoms with Crippen LogP contribution in [0.4, 0.5) is 0 Å². The summed E-state index contributed by atoms with van der Waals surface area (Å²) in [5.41, 5.74) is 3.86. The highest BCUT2D eigenvalue weighted by Crippen LogP contribution is 2.56. The van der Waals surface area contributed by atoms with Crippen LogP contribution in [0.25, 0.3) is 0 Å². The van der Waals surface area contributed by atoms with Crippen LogP contribution in [0.2, 0.25) is 0 Å². The van der Waals surface area contributed by atoms with E-state index in [4.69, 9.17) is 4.74 Å². The number of fused-ring (bicyclic) bond motifs is 5. The minimum Gasteiger partial charge on any atom is -0.354 e. The fraction of sp³-hybridized carbons (Fsp3) is 0.536. The van der Waals surface area contributed by atoms with E-state index in [0.717, 1.165) is 19.3 Å². The van der Waals surface area contributed by atoms with E-state index >= 15 is 0 Å². The Balaban J connectivity index is 1.49. The summed E-state index contributed by atoms with van der Waals surface area (Å²) in [7, 11) is 0. The van der Waals surface area contributed by atoms with Crippen LogP contribution in [0.3, 0.4) is 0 Å². The number of nitrogens with zero attached hydrogens (tertiary/aromatic N) is 1. The van der Waals surface area contributed by atoms with Crippen LogP contribution < -0.4 is 0 Å². The Labute approximate surface area is 185 Å². The van der Waals surface area contributed by atoms with Gasteiger partial charge in [0, 0.05) is 23.3 Å². The van der Waals surface area contributed by atoms with Gasteiger partial charge in [-0.3, -0.25) is 4.79 Å². The van der Waals surface area contributed by atoms with Gasteiger partial charge in [0.25, 0.3) is 0 Å². The van der Waals surface area contributed by atoms with Crippen LogP contribution >= 0.6 is 0 Å². The van der Waals surface area contributed by atoms with E-state index in [1.165, 1.54) is 23.1 Å². The van der Waals surface area contributed by atoms with E-state index in [9.17, 15) is 4.79 Å². The molecule has 0 bridgehead atoms. The Morgan fingerprint density at radius 3 is 2.55 bits per heavy atom. The Hall–Kier alpha value is -2.13. The number of amides is 1. The summed E-state index contributed by atoms with van der Waals surface area (Å²) in [6.45, 7) is 6.96. The zero-order valence-electron chi connectivity index (χ0n) is 18.8. The summed E-state index contributed by atoms with van der Waals surface area (Å²) < 4.78 is 6.93. The summed E-state index contributed by atoms with van der Waals surface area (Å²) in [6, 6.07) is 19.6. The predicted octanol–water partition coefficient (Wildman–Crippen LogP) is 5.39. The largest absolute Gasteiger partial charge is 0.354 e. The Morgan fingerprint density at radius 1 is 1.00 bits per heavy atom. The van der Waals surface area contributed by atoms with Gasteiger partial charge in [-0.15, -0.1) is 0 Å². The molecule has 2 saturated heterocycles. The van der Waals surface area contributed by atoms with Crippen molar-refractivity contribution in [2.75, 3.05) is 0 Å². The molecule has 6 rings (SSSR count). The van der Waals surface area contributed by atoms with Gasteiger partial charge >= 0.3 is 0 Å². The van der Waals surface area contributed by atoms with Crippen molar-refractivity contribution in [3.05, 3.63) is 71.3 Å².